The molecule has 0 radical (unpaired) electrons. The SMILES string of the molecule is CC1CCC(C(=O)NCCCCCCC(=O)O)O1. The molecule has 18 heavy (non-hydrogen) atoms. The second-order valence-electron chi connectivity index (χ2n) is 4.86. The minimum atomic E-state index is -0.740. The molecule has 0 spiro atoms. The fraction of sp³-hybridized carbons (Fsp3) is 0.846. The third-order valence-corrected chi connectivity index (χ3v) is 3.14. The summed E-state index contributed by atoms with van der Waals surface area (Å²) in [5.74, 6) is -0.749. The average Bonchev–Trinajstić information content (AvgIpc) is 2.74. The molecular formula is C13H23NO4. The van der Waals surface area contributed by atoms with E-state index in [-0.39, 0.29) is 24.5 Å². The molecule has 0 aromatic heterocycles. The van der Waals surface area contributed by atoms with Crippen LogP contribution in [0.4, 0.5) is 0 Å². The van der Waals surface area contributed by atoms with E-state index in [4.69, 9.17) is 9.84 Å². The van der Waals surface area contributed by atoms with Gasteiger partial charge >= 0.3 is 5.97 Å². The van der Waals surface area contributed by atoms with Crippen LogP contribution in [0.1, 0.15) is 51.9 Å². The Morgan fingerprint density at radius 3 is 2.56 bits per heavy atom. The number of rotatable bonds is 8. The molecule has 2 N–H and O–H groups in total. The number of nitrogens with one attached hydrogen (secondary N) is 1. The Labute approximate surface area is 108 Å². The van der Waals surface area contributed by atoms with Gasteiger partial charge in [0.2, 0.25) is 5.91 Å². The van der Waals surface area contributed by atoms with Crippen LogP contribution in [0.25, 0.3) is 0 Å². The van der Waals surface area contributed by atoms with Crippen molar-refractivity contribution in [3.63, 3.8) is 0 Å². The maximum atomic E-state index is 11.7. The van der Waals surface area contributed by atoms with Crippen LogP contribution in [-0.2, 0) is 14.3 Å². The second-order valence-corrected chi connectivity index (χ2v) is 4.86. The summed E-state index contributed by atoms with van der Waals surface area (Å²) in [7, 11) is 0. The van der Waals surface area contributed by atoms with E-state index in [0.29, 0.717) is 13.0 Å². The van der Waals surface area contributed by atoms with Gasteiger partial charge in [-0.05, 0) is 32.6 Å². The fourth-order valence-corrected chi connectivity index (χ4v) is 2.08. The van der Waals surface area contributed by atoms with Gasteiger partial charge in [-0.1, -0.05) is 12.8 Å². The van der Waals surface area contributed by atoms with Crippen LogP contribution >= 0.6 is 0 Å². The number of carbonyl (C=O) groups is 2. The van der Waals surface area contributed by atoms with Crippen LogP contribution in [0, 0.1) is 0 Å². The topological polar surface area (TPSA) is 75.6 Å². The number of hydrogen-bond acceptors (Lipinski definition) is 3. The molecule has 104 valence electrons. The number of hydrogen-bond donors (Lipinski definition) is 2. The largest absolute Gasteiger partial charge is 0.481 e. The molecule has 2 atom stereocenters. The Kier molecular flexibility index (Phi) is 6.72. The molecular weight excluding hydrogens is 234 g/mol. The standard InChI is InChI=1S/C13H23NO4/c1-10-7-8-11(18-10)13(17)14-9-5-3-2-4-6-12(15)16/h10-11H,2-9H2,1H3,(H,14,17)(H,15,16). The van der Waals surface area contributed by atoms with Crippen LogP contribution < -0.4 is 5.32 Å². The molecule has 1 amide bonds. The van der Waals surface area contributed by atoms with E-state index in [1.165, 1.54) is 0 Å². The summed E-state index contributed by atoms with van der Waals surface area (Å²) in [6.45, 7) is 2.63. The van der Waals surface area contributed by atoms with Crippen LogP contribution in [0.2, 0.25) is 0 Å². The third-order valence-electron chi connectivity index (χ3n) is 3.14. The lowest BCUT2D eigenvalue weighted by atomic mass is 10.1. The predicted molar refractivity (Wildman–Crippen MR) is 67.3 cm³/mol. The lowest BCUT2D eigenvalue weighted by Gasteiger charge is -2.11. The van der Waals surface area contributed by atoms with Gasteiger partial charge in [-0.25, -0.2) is 0 Å². The summed E-state index contributed by atoms with van der Waals surface area (Å²) in [4.78, 5) is 21.9. The highest BCUT2D eigenvalue weighted by molar-refractivity contribution is 5.80. The molecule has 5 nitrogen and oxygen atoms in total. The minimum Gasteiger partial charge on any atom is -0.481 e. The maximum absolute atomic E-state index is 11.7. The van der Waals surface area contributed by atoms with Crippen molar-refractivity contribution in [3.05, 3.63) is 0 Å². The van der Waals surface area contributed by atoms with E-state index in [9.17, 15) is 9.59 Å². The lowest BCUT2D eigenvalue weighted by molar-refractivity contribution is -0.137. The summed E-state index contributed by atoms with van der Waals surface area (Å²) in [5, 5.41) is 11.3. The first-order valence-electron chi connectivity index (χ1n) is 6.74. The van der Waals surface area contributed by atoms with E-state index in [1.54, 1.807) is 0 Å². The second kappa shape index (κ2) is 8.08. The zero-order chi connectivity index (χ0) is 13.4. The maximum Gasteiger partial charge on any atom is 0.303 e. The first-order chi connectivity index (χ1) is 8.59. The molecule has 1 fully saturated rings. The first kappa shape index (κ1) is 15.0. The molecule has 1 rings (SSSR count). The molecule has 0 bridgehead atoms. The number of carbonyl (C=O) groups excluding carboxylic acids is 1. The summed E-state index contributed by atoms with van der Waals surface area (Å²) in [6, 6.07) is 0. The molecule has 0 aromatic carbocycles. The predicted octanol–water partition coefficient (Wildman–Crippen LogP) is 1.71. The highest BCUT2D eigenvalue weighted by atomic mass is 16.5. The van der Waals surface area contributed by atoms with Gasteiger partial charge in [-0.2, -0.15) is 0 Å². The Morgan fingerprint density at radius 2 is 1.94 bits per heavy atom. The minimum absolute atomic E-state index is 0.00936. The normalized spacial score (nSPS) is 22.9. The molecule has 1 aliphatic heterocycles. The summed E-state index contributed by atoms with van der Waals surface area (Å²) in [6.07, 6.45) is 5.39. The van der Waals surface area contributed by atoms with Crippen LogP contribution in [0.3, 0.4) is 0 Å². The molecule has 1 heterocycles. The Hall–Kier alpha value is -1.10. The fourth-order valence-electron chi connectivity index (χ4n) is 2.08. The number of ether oxygens (including phenoxy) is 1. The monoisotopic (exact) mass is 257 g/mol. The van der Waals surface area contributed by atoms with Crippen molar-refractivity contribution >= 4 is 11.9 Å². The Bertz CT molecular complexity index is 280. The van der Waals surface area contributed by atoms with E-state index in [1.807, 2.05) is 6.92 Å². The number of carboxylic acids is 1. The number of unbranched alkanes of at least 4 members (excludes halogenated alkanes) is 3. The molecule has 0 aliphatic carbocycles. The van der Waals surface area contributed by atoms with Gasteiger partial charge in [-0.3, -0.25) is 9.59 Å². The van der Waals surface area contributed by atoms with Gasteiger partial charge in [0, 0.05) is 13.0 Å². The Morgan fingerprint density at radius 1 is 1.22 bits per heavy atom. The number of aliphatic carboxylic acids is 1. The van der Waals surface area contributed by atoms with Gasteiger partial charge in [-0.15, -0.1) is 0 Å². The van der Waals surface area contributed by atoms with Crippen LogP contribution in [0.5, 0.6) is 0 Å². The van der Waals surface area contributed by atoms with Gasteiger partial charge in [0.25, 0.3) is 0 Å². The van der Waals surface area contributed by atoms with Crippen LogP contribution in [0.15, 0.2) is 0 Å². The van der Waals surface area contributed by atoms with Crippen molar-refractivity contribution in [2.75, 3.05) is 6.54 Å². The molecule has 2 unspecified atom stereocenters. The summed E-state index contributed by atoms with van der Waals surface area (Å²) < 4.78 is 5.47. The zero-order valence-electron chi connectivity index (χ0n) is 11.0. The number of amides is 1. The van der Waals surface area contributed by atoms with Gasteiger partial charge in [0.15, 0.2) is 0 Å². The smallest absolute Gasteiger partial charge is 0.303 e. The Balaban J connectivity index is 1.94. The lowest BCUT2D eigenvalue weighted by Crippen LogP contribution is -2.35. The molecule has 5 heteroatoms. The average molecular weight is 257 g/mol. The van der Waals surface area contributed by atoms with Crippen molar-refractivity contribution in [2.45, 2.75) is 64.1 Å². The first-order valence-corrected chi connectivity index (χ1v) is 6.74. The highest BCUT2D eigenvalue weighted by Crippen LogP contribution is 2.18. The van der Waals surface area contributed by atoms with Crippen molar-refractivity contribution < 1.29 is 19.4 Å². The van der Waals surface area contributed by atoms with Crippen molar-refractivity contribution in [2.24, 2.45) is 0 Å². The molecule has 0 aromatic rings. The van der Waals surface area contributed by atoms with Gasteiger partial charge < -0.3 is 15.2 Å². The van der Waals surface area contributed by atoms with Crippen molar-refractivity contribution in [1.82, 2.24) is 5.32 Å². The van der Waals surface area contributed by atoms with E-state index in [0.717, 1.165) is 32.1 Å². The van der Waals surface area contributed by atoms with Gasteiger partial charge in [0.1, 0.15) is 6.10 Å². The van der Waals surface area contributed by atoms with Crippen molar-refractivity contribution in [3.8, 4) is 0 Å². The molecule has 1 aliphatic rings. The zero-order valence-corrected chi connectivity index (χ0v) is 11.0. The van der Waals surface area contributed by atoms with E-state index in [2.05, 4.69) is 5.32 Å². The highest BCUT2D eigenvalue weighted by Gasteiger charge is 2.27. The van der Waals surface area contributed by atoms with Crippen LogP contribution in [-0.4, -0.2) is 35.7 Å². The summed E-state index contributed by atoms with van der Waals surface area (Å²) >= 11 is 0. The molecule has 1 saturated heterocycles. The van der Waals surface area contributed by atoms with E-state index >= 15 is 0 Å². The van der Waals surface area contributed by atoms with Gasteiger partial charge in [0.05, 0.1) is 6.10 Å². The quantitative estimate of drug-likeness (QED) is 0.649. The third kappa shape index (κ3) is 6.00. The van der Waals surface area contributed by atoms with Crippen molar-refractivity contribution in [1.29, 1.82) is 0 Å². The van der Waals surface area contributed by atoms with E-state index < -0.39 is 5.97 Å². The molecule has 0 saturated carbocycles. The summed E-state index contributed by atoms with van der Waals surface area (Å²) in [5.41, 5.74) is 0. The number of carboxylic acid groups (broad SMARTS) is 1.